The Kier molecular flexibility index (Phi) is 9.43. The Morgan fingerprint density at radius 2 is 1.50 bits per heavy atom. The molecule has 3 rings (SSSR count). The summed E-state index contributed by atoms with van der Waals surface area (Å²) in [7, 11) is 0. The second-order valence-electron chi connectivity index (χ2n) is 9.99. The van der Waals surface area contributed by atoms with Gasteiger partial charge >= 0.3 is 6.09 Å². The Morgan fingerprint density at radius 3 is 2.11 bits per heavy atom. The van der Waals surface area contributed by atoms with Crippen LogP contribution in [0.25, 0.3) is 10.4 Å². The predicted octanol–water partition coefficient (Wildman–Crippen LogP) is 5.41. The van der Waals surface area contributed by atoms with E-state index >= 15 is 0 Å². The molecule has 0 fully saturated rings. The van der Waals surface area contributed by atoms with Gasteiger partial charge in [-0.1, -0.05) is 54.6 Å². The number of Topliss-reactive ketones (excluding diaryl/α,β-unsaturated/α-hetero) is 1. The summed E-state index contributed by atoms with van der Waals surface area (Å²) in [6.45, 7) is 4.45. The third kappa shape index (κ3) is 8.01. The number of alkyl carbamates (subject to hydrolysis) is 1. The Labute approximate surface area is 217 Å². The lowest BCUT2D eigenvalue weighted by atomic mass is 9.92. The second kappa shape index (κ2) is 12.3. The number of carbonyl (C=O) groups is 2. The van der Waals surface area contributed by atoms with Crippen LogP contribution in [0.2, 0.25) is 0 Å². The molecule has 0 unspecified atom stereocenters. The monoisotopic (exact) mass is 509 g/mol. The Balaban J connectivity index is 1.58. The molecule has 192 valence electrons. The van der Waals surface area contributed by atoms with Gasteiger partial charge in [0.25, 0.3) is 0 Å². The van der Waals surface area contributed by atoms with Crippen LogP contribution < -0.4 is 5.32 Å². The number of hydrogen-bond acceptors (Lipinski definition) is 6. The normalized spacial score (nSPS) is 11.8. The minimum Gasteiger partial charge on any atom is -0.444 e. The number of ketones is 1. The highest BCUT2D eigenvalue weighted by molar-refractivity contribution is 7.17. The molecule has 3 aromatic rings. The van der Waals surface area contributed by atoms with Gasteiger partial charge in [-0.25, -0.2) is 4.79 Å². The summed E-state index contributed by atoms with van der Waals surface area (Å²) < 4.78 is 5.28. The van der Waals surface area contributed by atoms with E-state index in [-0.39, 0.29) is 5.78 Å². The lowest BCUT2D eigenvalue weighted by Crippen LogP contribution is -2.55. The molecule has 1 aromatic heterocycles. The van der Waals surface area contributed by atoms with Crippen LogP contribution >= 0.6 is 11.3 Å². The molecule has 0 radical (unpaired) electrons. The quantitative estimate of drug-likeness (QED) is 0.300. The van der Waals surface area contributed by atoms with Gasteiger partial charge in [-0.05, 0) is 68.9 Å². The van der Waals surface area contributed by atoms with Gasteiger partial charge in [0.05, 0.1) is 23.6 Å². The first-order valence-corrected chi connectivity index (χ1v) is 12.9. The number of thiophene rings is 1. The molecular formula is C29H35NO5S. The Hall–Kier alpha value is -3.00. The van der Waals surface area contributed by atoms with Crippen molar-refractivity contribution in [2.24, 2.45) is 0 Å². The standard InChI is InChI=1S/C29H35NO5S/c1-28(2,3)35-27(34)30-29(19-31,20-32)18-17-22-9-12-23(13-10-22)25-15-16-26(36-25)24(33)14-11-21-7-5-4-6-8-21/h4-10,12-13,15-16,31-32H,11,14,17-20H2,1-3H3,(H,30,34). The molecule has 0 saturated carbocycles. The highest BCUT2D eigenvalue weighted by Crippen LogP contribution is 2.30. The zero-order chi connectivity index (χ0) is 26.2. The molecule has 0 aliphatic carbocycles. The number of nitrogens with one attached hydrogen (secondary N) is 1. The van der Waals surface area contributed by atoms with Gasteiger partial charge in [0.15, 0.2) is 5.78 Å². The number of benzene rings is 2. The lowest BCUT2D eigenvalue weighted by molar-refractivity contribution is 0.0276. The molecule has 0 bridgehead atoms. The maximum atomic E-state index is 12.6. The van der Waals surface area contributed by atoms with Crippen molar-refractivity contribution in [3.8, 4) is 10.4 Å². The largest absolute Gasteiger partial charge is 0.444 e. The first kappa shape index (κ1) is 27.6. The van der Waals surface area contributed by atoms with Crippen LogP contribution in [0.4, 0.5) is 4.79 Å². The third-order valence-electron chi connectivity index (χ3n) is 5.87. The van der Waals surface area contributed by atoms with Crippen molar-refractivity contribution in [3.05, 3.63) is 82.7 Å². The van der Waals surface area contributed by atoms with Crippen molar-refractivity contribution < 1.29 is 24.5 Å². The number of aliphatic hydroxyl groups is 2. The van der Waals surface area contributed by atoms with Crippen LogP contribution in [-0.4, -0.2) is 46.4 Å². The number of rotatable bonds is 11. The minimum absolute atomic E-state index is 0.147. The maximum absolute atomic E-state index is 12.6. The molecule has 0 aliphatic heterocycles. The molecule has 6 nitrogen and oxygen atoms in total. The average Bonchev–Trinajstić information content (AvgIpc) is 3.35. The molecule has 0 spiro atoms. The van der Waals surface area contributed by atoms with Crippen LogP contribution in [-0.2, 0) is 17.6 Å². The first-order valence-electron chi connectivity index (χ1n) is 12.1. The van der Waals surface area contributed by atoms with E-state index in [1.807, 2.05) is 66.7 Å². The van der Waals surface area contributed by atoms with Crippen molar-refractivity contribution in [1.29, 1.82) is 0 Å². The molecule has 0 saturated heterocycles. The third-order valence-corrected chi connectivity index (χ3v) is 7.04. The fourth-order valence-corrected chi connectivity index (χ4v) is 4.74. The van der Waals surface area contributed by atoms with E-state index in [1.165, 1.54) is 11.3 Å². The van der Waals surface area contributed by atoms with Crippen molar-refractivity contribution in [2.45, 2.75) is 57.6 Å². The molecule has 1 amide bonds. The minimum atomic E-state index is -1.18. The molecule has 3 N–H and O–H groups in total. The number of aliphatic hydroxyl groups excluding tert-OH is 2. The zero-order valence-corrected chi connectivity index (χ0v) is 21.9. The number of aryl methyl sites for hydroxylation is 2. The van der Waals surface area contributed by atoms with Crippen LogP contribution in [0, 0.1) is 0 Å². The van der Waals surface area contributed by atoms with Gasteiger partial charge in [-0.3, -0.25) is 4.79 Å². The molecule has 7 heteroatoms. The van der Waals surface area contributed by atoms with Gasteiger partial charge in [0.1, 0.15) is 5.60 Å². The van der Waals surface area contributed by atoms with Crippen LogP contribution in [0.1, 0.15) is 54.4 Å². The molecule has 0 aliphatic rings. The summed E-state index contributed by atoms with van der Waals surface area (Å²) in [6, 6.07) is 21.8. The van der Waals surface area contributed by atoms with Crippen molar-refractivity contribution in [3.63, 3.8) is 0 Å². The van der Waals surface area contributed by atoms with Crippen molar-refractivity contribution >= 4 is 23.2 Å². The van der Waals surface area contributed by atoms with Gasteiger partial charge in [0, 0.05) is 11.3 Å². The van der Waals surface area contributed by atoms with E-state index in [0.717, 1.165) is 32.9 Å². The summed E-state index contributed by atoms with van der Waals surface area (Å²) in [4.78, 5) is 26.6. The first-order chi connectivity index (χ1) is 17.1. The van der Waals surface area contributed by atoms with Gasteiger partial charge < -0.3 is 20.3 Å². The molecule has 1 heterocycles. The second-order valence-corrected chi connectivity index (χ2v) is 11.1. The zero-order valence-electron chi connectivity index (χ0n) is 21.1. The highest BCUT2D eigenvalue weighted by Gasteiger charge is 2.32. The Bertz CT molecular complexity index is 1130. The molecule has 2 aromatic carbocycles. The maximum Gasteiger partial charge on any atom is 0.408 e. The fraction of sp³-hybridized carbons (Fsp3) is 0.379. The summed E-state index contributed by atoms with van der Waals surface area (Å²) in [6.07, 6.45) is 1.43. The summed E-state index contributed by atoms with van der Waals surface area (Å²) >= 11 is 1.49. The van der Waals surface area contributed by atoms with E-state index in [2.05, 4.69) is 5.32 Å². The van der Waals surface area contributed by atoms with Gasteiger partial charge in [-0.2, -0.15) is 0 Å². The molecule has 0 atom stereocenters. The van der Waals surface area contributed by atoms with Crippen molar-refractivity contribution in [2.75, 3.05) is 13.2 Å². The van der Waals surface area contributed by atoms with Crippen molar-refractivity contribution in [1.82, 2.24) is 5.32 Å². The average molecular weight is 510 g/mol. The smallest absolute Gasteiger partial charge is 0.408 e. The number of hydrogen-bond donors (Lipinski definition) is 3. The Morgan fingerprint density at radius 1 is 0.861 bits per heavy atom. The van der Waals surface area contributed by atoms with E-state index in [9.17, 15) is 19.8 Å². The van der Waals surface area contributed by atoms with Crippen LogP contribution in [0.5, 0.6) is 0 Å². The van der Waals surface area contributed by atoms with Gasteiger partial charge in [-0.15, -0.1) is 11.3 Å². The summed E-state index contributed by atoms with van der Waals surface area (Å²) in [5.41, 5.74) is 1.33. The predicted molar refractivity (Wildman–Crippen MR) is 143 cm³/mol. The lowest BCUT2D eigenvalue weighted by Gasteiger charge is -2.32. The fourth-order valence-electron chi connectivity index (χ4n) is 3.76. The molecule has 36 heavy (non-hydrogen) atoms. The van der Waals surface area contributed by atoms with Gasteiger partial charge in [0.2, 0.25) is 0 Å². The number of carbonyl (C=O) groups excluding carboxylic acids is 2. The number of amides is 1. The van der Waals surface area contributed by atoms with Crippen LogP contribution in [0.3, 0.4) is 0 Å². The van der Waals surface area contributed by atoms with E-state index in [0.29, 0.717) is 19.3 Å². The van der Waals surface area contributed by atoms with E-state index in [4.69, 9.17) is 4.74 Å². The van der Waals surface area contributed by atoms with Crippen LogP contribution in [0.15, 0.2) is 66.7 Å². The molecular weight excluding hydrogens is 474 g/mol. The summed E-state index contributed by atoms with van der Waals surface area (Å²) in [5, 5.41) is 22.4. The van der Waals surface area contributed by atoms with E-state index < -0.39 is 30.4 Å². The topological polar surface area (TPSA) is 95.9 Å². The van der Waals surface area contributed by atoms with E-state index in [1.54, 1.807) is 20.8 Å². The SMILES string of the molecule is CC(C)(C)OC(=O)NC(CO)(CO)CCc1ccc(-c2ccc(C(=O)CCc3ccccc3)s2)cc1. The summed E-state index contributed by atoms with van der Waals surface area (Å²) in [5.74, 6) is 0.147. The number of ether oxygens (including phenoxy) is 1. The highest BCUT2D eigenvalue weighted by atomic mass is 32.1.